The van der Waals surface area contributed by atoms with Gasteiger partial charge in [-0.25, -0.2) is 4.79 Å². The SMILES string of the molecule is COc1ccccc1NC(=O)N1CCc2cc(OC)c(OC)cc2[C@@H]1CNC(=O)c1ccccc1. The van der Waals surface area contributed by atoms with Crippen molar-refractivity contribution in [3.63, 3.8) is 0 Å². The summed E-state index contributed by atoms with van der Waals surface area (Å²) in [6.45, 7) is 0.699. The minimum absolute atomic E-state index is 0.205. The van der Waals surface area contributed by atoms with Crippen LogP contribution < -0.4 is 24.8 Å². The molecule has 0 aromatic heterocycles. The number of anilines is 1. The van der Waals surface area contributed by atoms with E-state index in [2.05, 4.69) is 10.6 Å². The van der Waals surface area contributed by atoms with Gasteiger partial charge in [0.15, 0.2) is 11.5 Å². The molecule has 0 aliphatic carbocycles. The molecule has 0 saturated heterocycles. The number of carbonyl (C=O) groups excluding carboxylic acids is 2. The Balaban J connectivity index is 1.64. The molecule has 1 atom stereocenters. The van der Waals surface area contributed by atoms with Crippen LogP contribution in [0.4, 0.5) is 10.5 Å². The number of methoxy groups -OCH3 is 3. The maximum atomic E-state index is 13.4. The van der Waals surface area contributed by atoms with Gasteiger partial charge in [-0.1, -0.05) is 30.3 Å². The number of hydrogen-bond donors (Lipinski definition) is 2. The van der Waals surface area contributed by atoms with Gasteiger partial charge in [-0.15, -0.1) is 0 Å². The third kappa shape index (κ3) is 5.16. The Bertz CT molecular complexity index is 1200. The van der Waals surface area contributed by atoms with Crippen molar-refractivity contribution in [3.05, 3.63) is 83.4 Å². The molecule has 4 rings (SSSR count). The first-order chi connectivity index (χ1) is 17.0. The molecule has 1 heterocycles. The van der Waals surface area contributed by atoms with E-state index >= 15 is 0 Å². The van der Waals surface area contributed by atoms with Gasteiger partial charge in [-0.05, 0) is 53.9 Å². The first-order valence-corrected chi connectivity index (χ1v) is 11.3. The summed E-state index contributed by atoms with van der Waals surface area (Å²) in [6, 6.07) is 19.4. The number of amides is 3. The van der Waals surface area contributed by atoms with Gasteiger partial charge in [0.1, 0.15) is 5.75 Å². The van der Waals surface area contributed by atoms with Gasteiger partial charge in [0.25, 0.3) is 5.91 Å². The van der Waals surface area contributed by atoms with Gasteiger partial charge in [0.05, 0.1) is 33.1 Å². The number of hydrogen-bond acceptors (Lipinski definition) is 5. The molecule has 0 radical (unpaired) electrons. The van der Waals surface area contributed by atoms with Crippen LogP contribution in [-0.2, 0) is 6.42 Å². The van der Waals surface area contributed by atoms with Crippen LogP contribution in [0.5, 0.6) is 17.2 Å². The number of fused-ring (bicyclic) bond motifs is 1. The Labute approximate surface area is 204 Å². The molecule has 1 aliphatic rings. The highest BCUT2D eigenvalue weighted by Crippen LogP contribution is 2.38. The third-order valence-electron chi connectivity index (χ3n) is 6.10. The number of para-hydroxylation sites is 2. The van der Waals surface area contributed by atoms with Gasteiger partial charge in [0.2, 0.25) is 0 Å². The maximum Gasteiger partial charge on any atom is 0.322 e. The molecule has 0 saturated carbocycles. The molecule has 8 nitrogen and oxygen atoms in total. The van der Waals surface area contributed by atoms with E-state index in [9.17, 15) is 9.59 Å². The normalized spacial score (nSPS) is 14.5. The van der Waals surface area contributed by atoms with Crippen molar-refractivity contribution in [2.75, 3.05) is 39.7 Å². The second kappa shape index (κ2) is 10.8. The number of carbonyl (C=O) groups is 2. The van der Waals surface area contributed by atoms with Crippen LogP contribution in [0.1, 0.15) is 27.5 Å². The highest BCUT2D eigenvalue weighted by Gasteiger charge is 2.33. The van der Waals surface area contributed by atoms with Crippen molar-refractivity contribution in [1.29, 1.82) is 0 Å². The van der Waals surface area contributed by atoms with Crippen LogP contribution in [0.3, 0.4) is 0 Å². The van der Waals surface area contributed by atoms with Crippen molar-refractivity contribution >= 4 is 17.6 Å². The fourth-order valence-corrected chi connectivity index (χ4v) is 4.31. The fraction of sp³-hybridized carbons (Fsp3) is 0.259. The molecule has 35 heavy (non-hydrogen) atoms. The van der Waals surface area contributed by atoms with Crippen LogP contribution in [0.25, 0.3) is 0 Å². The average molecular weight is 476 g/mol. The van der Waals surface area contributed by atoms with Crippen LogP contribution in [-0.4, -0.2) is 51.3 Å². The van der Waals surface area contributed by atoms with E-state index in [1.807, 2.05) is 42.5 Å². The quantitative estimate of drug-likeness (QED) is 0.533. The summed E-state index contributed by atoms with van der Waals surface area (Å²) < 4.78 is 16.4. The minimum Gasteiger partial charge on any atom is -0.495 e. The molecule has 2 N–H and O–H groups in total. The molecule has 0 bridgehead atoms. The van der Waals surface area contributed by atoms with Gasteiger partial charge < -0.3 is 29.7 Å². The minimum atomic E-state index is -0.416. The molecule has 3 aromatic rings. The maximum absolute atomic E-state index is 13.4. The third-order valence-corrected chi connectivity index (χ3v) is 6.10. The van der Waals surface area contributed by atoms with Crippen molar-refractivity contribution in [2.24, 2.45) is 0 Å². The summed E-state index contributed by atoms with van der Waals surface area (Å²) >= 11 is 0. The summed E-state index contributed by atoms with van der Waals surface area (Å²) in [4.78, 5) is 27.9. The van der Waals surface area contributed by atoms with E-state index in [1.165, 1.54) is 0 Å². The van der Waals surface area contributed by atoms with Crippen molar-refractivity contribution in [1.82, 2.24) is 10.2 Å². The topological polar surface area (TPSA) is 89.1 Å². The molecule has 0 fully saturated rings. The van der Waals surface area contributed by atoms with E-state index in [0.29, 0.717) is 41.5 Å². The van der Waals surface area contributed by atoms with Crippen LogP contribution in [0, 0.1) is 0 Å². The van der Waals surface area contributed by atoms with Gasteiger partial charge >= 0.3 is 6.03 Å². The van der Waals surface area contributed by atoms with E-state index in [0.717, 1.165) is 11.1 Å². The molecule has 0 unspecified atom stereocenters. The molecule has 3 amide bonds. The monoisotopic (exact) mass is 475 g/mol. The highest BCUT2D eigenvalue weighted by atomic mass is 16.5. The molecule has 3 aromatic carbocycles. The summed E-state index contributed by atoms with van der Waals surface area (Å²) in [5.74, 6) is 1.56. The number of ether oxygens (including phenoxy) is 3. The molecular formula is C27H29N3O5. The number of urea groups is 1. The lowest BCUT2D eigenvalue weighted by atomic mass is 9.91. The zero-order chi connectivity index (χ0) is 24.8. The lowest BCUT2D eigenvalue weighted by molar-refractivity contribution is 0.0936. The Morgan fingerprint density at radius 2 is 1.54 bits per heavy atom. The van der Waals surface area contributed by atoms with Gasteiger partial charge in [-0.2, -0.15) is 0 Å². The number of nitrogens with zero attached hydrogens (tertiary/aromatic N) is 1. The largest absolute Gasteiger partial charge is 0.495 e. The average Bonchev–Trinajstić information content (AvgIpc) is 2.91. The molecule has 182 valence electrons. The van der Waals surface area contributed by atoms with Crippen LogP contribution in [0.2, 0.25) is 0 Å². The van der Waals surface area contributed by atoms with E-state index in [1.54, 1.807) is 50.5 Å². The summed E-state index contributed by atoms with van der Waals surface area (Å²) in [6.07, 6.45) is 0.637. The Kier molecular flexibility index (Phi) is 7.40. The zero-order valence-electron chi connectivity index (χ0n) is 20.0. The van der Waals surface area contributed by atoms with E-state index < -0.39 is 6.04 Å². The Morgan fingerprint density at radius 3 is 2.26 bits per heavy atom. The Hall–Kier alpha value is -4.20. The standard InChI is InChI=1S/C27H29N3O5/c1-33-23-12-8-7-11-21(23)29-27(32)30-14-13-19-15-24(34-2)25(35-3)16-20(19)22(30)17-28-26(31)18-9-5-4-6-10-18/h4-12,15-16,22H,13-14,17H2,1-3H3,(H,28,31)(H,29,32)/t22-/m0/s1. The number of benzene rings is 3. The van der Waals surface area contributed by atoms with Crippen molar-refractivity contribution in [3.8, 4) is 17.2 Å². The molecule has 1 aliphatic heterocycles. The zero-order valence-corrected chi connectivity index (χ0v) is 20.0. The lowest BCUT2D eigenvalue weighted by Crippen LogP contribution is -2.46. The van der Waals surface area contributed by atoms with Crippen molar-refractivity contribution in [2.45, 2.75) is 12.5 Å². The first-order valence-electron chi connectivity index (χ1n) is 11.3. The van der Waals surface area contributed by atoms with Gasteiger partial charge in [0, 0.05) is 18.7 Å². The van der Waals surface area contributed by atoms with Crippen LogP contribution in [0.15, 0.2) is 66.7 Å². The smallest absolute Gasteiger partial charge is 0.322 e. The molecular weight excluding hydrogens is 446 g/mol. The second-order valence-corrected chi connectivity index (χ2v) is 8.07. The Morgan fingerprint density at radius 1 is 0.886 bits per heavy atom. The fourth-order valence-electron chi connectivity index (χ4n) is 4.31. The second-order valence-electron chi connectivity index (χ2n) is 8.07. The molecule has 0 spiro atoms. The number of rotatable bonds is 7. The molecule has 8 heteroatoms. The lowest BCUT2D eigenvalue weighted by Gasteiger charge is -2.38. The van der Waals surface area contributed by atoms with Crippen LogP contribution >= 0.6 is 0 Å². The summed E-state index contributed by atoms with van der Waals surface area (Å²) in [5, 5.41) is 5.95. The predicted octanol–water partition coefficient (Wildman–Crippen LogP) is 4.27. The summed E-state index contributed by atoms with van der Waals surface area (Å²) in [7, 11) is 4.73. The first kappa shape index (κ1) is 23.9. The van der Waals surface area contributed by atoms with Gasteiger partial charge in [-0.3, -0.25) is 4.79 Å². The highest BCUT2D eigenvalue weighted by molar-refractivity contribution is 5.94. The van der Waals surface area contributed by atoms with Crippen molar-refractivity contribution < 1.29 is 23.8 Å². The summed E-state index contributed by atoms with van der Waals surface area (Å²) in [5.41, 5.74) is 3.08. The van der Waals surface area contributed by atoms with E-state index in [4.69, 9.17) is 14.2 Å². The number of nitrogens with one attached hydrogen (secondary N) is 2. The predicted molar refractivity (Wildman–Crippen MR) is 133 cm³/mol. The van der Waals surface area contributed by atoms with E-state index in [-0.39, 0.29) is 18.5 Å².